The Morgan fingerprint density at radius 1 is 1.14 bits per heavy atom. The van der Waals surface area contributed by atoms with Crippen molar-refractivity contribution in [3.8, 4) is 17.0 Å². The van der Waals surface area contributed by atoms with Gasteiger partial charge in [0.15, 0.2) is 5.75 Å². The molecule has 42 heavy (non-hydrogen) atoms. The molecule has 2 atom stereocenters. The van der Waals surface area contributed by atoms with Crippen LogP contribution in [-0.4, -0.2) is 36.1 Å². The van der Waals surface area contributed by atoms with Gasteiger partial charge in [-0.3, -0.25) is 9.59 Å². The van der Waals surface area contributed by atoms with Crippen LogP contribution in [0.4, 0.5) is 27.6 Å². The second kappa shape index (κ2) is 10.7. The molecule has 1 aromatic heterocycles. The van der Waals surface area contributed by atoms with Crippen molar-refractivity contribution >= 4 is 23.6 Å². The van der Waals surface area contributed by atoms with E-state index < -0.39 is 59.8 Å². The SMILES string of the molecule is NC(=O)[C@@]1(F)COc2c1cc([C@@H](CNC(=O)c1ccc([NH3+])c(/C=C(\N)C3CC3)c1)C(F)(F)F)nc2-c1ccc(F)cc1. The number of allylic oxidation sites excluding steroid dienone is 1. The zero-order chi connectivity index (χ0) is 30.4. The normalized spacial score (nSPS) is 19.1. The fourth-order valence-corrected chi connectivity index (χ4v) is 4.70. The number of carbonyl (C=O) groups is 2. The number of benzene rings is 2. The van der Waals surface area contributed by atoms with Crippen LogP contribution in [0, 0.1) is 11.7 Å². The summed E-state index contributed by atoms with van der Waals surface area (Å²) >= 11 is 0. The minimum absolute atomic E-state index is 0.0805. The van der Waals surface area contributed by atoms with Crippen molar-refractivity contribution in [3.63, 3.8) is 0 Å². The maximum Gasteiger partial charge on any atom is 0.398 e. The predicted molar refractivity (Wildman–Crippen MR) is 142 cm³/mol. The number of carbonyl (C=O) groups excluding carboxylic acids is 2. The smallest absolute Gasteiger partial charge is 0.398 e. The molecule has 3 aromatic rings. The van der Waals surface area contributed by atoms with Crippen LogP contribution in [0.5, 0.6) is 5.75 Å². The van der Waals surface area contributed by atoms with Gasteiger partial charge in [0.1, 0.15) is 29.7 Å². The van der Waals surface area contributed by atoms with Crippen LogP contribution in [0.1, 0.15) is 45.9 Å². The van der Waals surface area contributed by atoms with E-state index in [4.69, 9.17) is 16.2 Å². The first-order valence-electron chi connectivity index (χ1n) is 13.0. The summed E-state index contributed by atoms with van der Waals surface area (Å²) in [5.74, 6) is -5.32. The predicted octanol–water partition coefficient (Wildman–Crippen LogP) is 3.59. The number of ether oxygens (including phenoxy) is 1. The molecule has 0 saturated heterocycles. The molecule has 1 aliphatic carbocycles. The monoisotopic (exact) mass is 588 g/mol. The molecule has 220 valence electrons. The minimum Gasteiger partial charge on any atom is -0.487 e. The van der Waals surface area contributed by atoms with Crippen molar-refractivity contribution in [2.75, 3.05) is 13.2 Å². The Labute approximate surface area is 236 Å². The summed E-state index contributed by atoms with van der Waals surface area (Å²) in [5.41, 5.74) is 12.8. The van der Waals surface area contributed by atoms with E-state index in [0.29, 0.717) is 16.9 Å². The van der Waals surface area contributed by atoms with Crippen LogP contribution in [0.2, 0.25) is 0 Å². The van der Waals surface area contributed by atoms with E-state index in [9.17, 15) is 27.2 Å². The van der Waals surface area contributed by atoms with Crippen LogP contribution in [0.15, 0.2) is 54.2 Å². The van der Waals surface area contributed by atoms with E-state index in [1.54, 1.807) is 12.1 Å². The molecule has 5 rings (SSSR count). The van der Waals surface area contributed by atoms with E-state index in [-0.39, 0.29) is 28.5 Å². The van der Waals surface area contributed by atoms with Gasteiger partial charge in [0, 0.05) is 40.6 Å². The first-order valence-corrected chi connectivity index (χ1v) is 13.0. The van der Waals surface area contributed by atoms with Gasteiger partial charge in [-0.2, -0.15) is 13.2 Å². The summed E-state index contributed by atoms with van der Waals surface area (Å²) in [6.45, 7) is -1.83. The molecule has 8 N–H and O–H groups in total. The van der Waals surface area contributed by atoms with Crippen LogP contribution < -0.4 is 27.3 Å². The molecular weight excluding hydrogens is 561 g/mol. The molecule has 13 heteroatoms. The largest absolute Gasteiger partial charge is 0.487 e. The number of primary amides is 1. The van der Waals surface area contributed by atoms with Gasteiger partial charge in [0.25, 0.3) is 17.5 Å². The lowest BCUT2D eigenvalue weighted by atomic mass is 9.92. The van der Waals surface area contributed by atoms with Crippen molar-refractivity contribution < 1.29 is 42.0 Å². The van der Waals surface area contributed by atoms with Crippen LogP contribution >= 0.6 is 0 Å². The van der Waals surface area contributed by atoms with E-state index in [1.807, 2.05) is 0 Å². The second-order valence-corrected chi connectivity index (χ2v) is 10.4. The highest BCUT2D eigenvalue weighted by molar-refractivity contribution is 5.95. The maximum absolute atomic E-state index is 15.6. The Balaban J connectivity index is 1.49. The quantitative estimate of drug-likeness (QED) is 0.297. The molecular formula is C29H27F5N5O3+. The number of hydrogen-bond donors (Lipinski definition) is 4. The highest BCUT2D eigenvalue weighted by Gasteiger charge is 2.50. The molecule has 2 aliphatic rings. The van der Waals surface area contributed by atoms with Crippen LogP contribution in [0.25, 0.3) is 17.3 Å². The number of rotatable bonds is 8. The fraction of sp³-hybridized carbons (Fsp3) is 0.276. The topological polar surface area (TPSA) is 148 Å². The summed E-state index contributed by atoms with van der Waals surface area (Å²) in [6, 6.07) is 9.78. The van der Waals surface area contributed by atoms with Gasteiger partial charge in [0.05, 0.1) is 5.69 Å². The van der Waals surface area contributed by atoms with Crippen molar-refractivity contribution in [1.82, 2.24) is 10.3 Å². The molecule has 0 radical (unpaired) electrons. The van der Waals surface area contributed by atoms with Crippen molar-refractivity contribution in [2.45, 2.75) is 30.6 Å². The lowest BCUT2D eigenvalue weighted by Gasteiger charge is -2.23. The molecule has 1 saturated carbocycles. The third kappa shape index (κ3) is 5.64. The van der Waals surface area contributed by atoms with Gasteiger partial charge in [-0.05, 0) is 67.3 Å². The lowest BCUT2D eigenvalue weighted by Crippen LogP contribution is -2.41. The number of alkyl halides is 4. The third-order valence-corrected chi connectivity index (χ3v) is 7.34. The number of pyridine rings is 1. The number of aromatic nitrogens is 1. The molecule has 1 aliphatic heterocycles. The Hall–Kier alpha value is -4.52. The lowest BCUT2D eigenvalue weighted by molar-refractivity contribution is -0.255. The van der Waals surface area contributed by atoms with Crippen molar-refractivity contribution in [3.05, 3.63) is 82.4 Å². The number of nitrogens with zero attached hydrogens (tertiary/aromatic N) is 1. The highest BCUT2D eigenvalue weighted by atomic mass is 19.4. The molecule has 1 fully saturated rings. The highest BCUT2D eigenvalue weighted by Crippen LogP contribution is 2.47. The zero-order valence-electron chi connectivity index (χ0n) is 22.1. The Morgan fingerprint density at radius 2 is 1.83 bits per heavy atom. The molecule has 2 heterocycles. The van der Waals surface area contributed by atoms with Crippen LogP contribution in [-0.2, 0) is 10.5 Å². The Bertz CT molecular complexity index is 1590. The molecule has 0 bridgehead atoms. The summed E-state index contributed by atoms with van der Waals surface area (Å²) in [5, 5.41) is 2.28. The average molecular weight is 589 g/mol. The van der Waals surface area contributed by atoms with Gasteiger partial charge in [0.2, 0.25) is 0 Å². The molecule has 0 unspecified atom stereocenters. The van der Waals surface area contributed by atoms with E-state index >= 15 is 4.39 Å². The fourth-order valence-electron chi connectivity index (χ4n) is 4.70. The van der Waals surface area contributed by atoms with E-state index in [1.165, 1.54) is 24.3 Å². The summed E-state index contributed by atoms with van der Waals surface area (Å²) < 4.78 is 77.7. The Morgan fingerprint density at radius 3 is 2.45 bits per heavy atom. The number of amides is 2. The van der Waals surface area contributed by atoms with Crippen molar-refractivity contribution in [1.29, 1.82) is 0 Å². The number of nitrogens with one attached hydrogen (secondary N) is 1. The van der Waals surface area contributed by atoms with Gasteiger partial charge < -0.3 is 27.3 Å². The number of hydrogen-bond acceptors (Lipinski definition) is 5. The summed E-state index contributed by atoms with van der Waals surface area (Å²) in [7, 11) is 0. The first-order chi connectivity index (χ1) is 19.8. The second-order valence-electron chi connectivity index (χ2n) is 10.4. The van der Waals surface area contributed by atoms with Gasteiger partial charge in [-0.1, -0.05) is 0 Å². The van der Waals surface area contributed by atoms with E-state index in [0.717, 1.165) is 31.0 Å². The average Bonchev–Trinajstić information content (AvgIpc) is 3.73. The number of halogens is 5. The van der Waals surface area contributed by atoms with Gasteiger partial charge in [-0.25, -0.2) is 13.8 Å². The standard InChI is InChI=1S/C29H26F5N5O3/c30-18-6-3-15(4-7-18)24-25-19(28(31,13-42-25)27(37)41)11-23(39-24)20(29(32,33)34)12-38-26(40)16-5-8-21(35)17(9-16)10-22(36)14-1-2-14/h3-11,14,20H,1-2,12-13,35-36H2,(H2,37,41)(H,38,40)/p+1/b22-10-/t20-,28-/m1/s1. The van der Waals surface area contributed by atoms with Crippen molar-refractivity contribution in [2.24, 2.45) is 17.4 Å². The zero-order valence-corrected chi connectivity index (χ0v) is 22.1. The Kier molecular flexibility index (Phi) is 7.39. The number of quaternary nitrogens is 1. The van der Waals surface area contributed by atoms with E-state index in [2.05, 4.69) is 16.0 Å². The first kappa shape index (κ1) is 29.0. The maximum atomic E-state index is 15.6. The minimum atomic E-state index is -4.95. The molecule has 8 nitrogen and oxygen atoms in total. The summed E-state index contributed by atoms with van der Waals surface area (Å²) in [4.78, 5) is 29.0. The molecule has 2 aromatic carbocycles. The molecule has 0 spiro atoms. The van der Waals surface area contributed by atoms with Gasteiger partial charge >= 0.3 is 6.18 Å². The number of fused-ring (bicyclic) bond motifs is 1. The van der Waals surface area contributed by atoms with Gasteiger partial charge in [-0.15, -0.1) is 0 Å². The summed E-state index contributed by atoms with van der Waals surface area (Å²) in [6.07, 6.45) is -1.33. The molecule has 2 amide bonds. The number of nitrogens with two attached hydrogens (primary N) is 2. The van der Waals surface area contributed by atoms with Crippen LogP contribution in [0.3, 0.4) is 0 Å². The third-order valence-electron chi connectivity index (χ3n) is 7.34.